The molecule has 0 radical (unpaired) electrons. The molecule has 0 atom stereocenters. The topological polar surface area (TPSA) is 67.4 Å². The van der Waals surface area contributed by atoms with E-state index in [9.17, 15) is 9.59 Å². The second kappa shape index (κ2) is 12.3. The van der Waals surface area contributed by atoms with Crippen LogP contribution in [-0.2, 0) is 4.74 Å². The molecule has 0 aliphatic carbocycles. The summed E-state index contributed by atoms with van der Waals surface area (Å²) in [5.41, 5.74) is 3.21. The first-order chi connectivity index (χ1) is 15.7. The number of carbonyl (C=O) groups is 2. The number of hydrogen-bond acceptors (Lipinski definition) is 3. The van der Waals surface area contributed by atoms with Crippen molar-refractivity contribution in [1.82, 2.24) is 5.32 Å². The SMILES string of the molecule is CCCCOC(=O)c1ccccc1NC(=O)NCCC(c1ccccc1)c1ccccc1. The lowest BCUT2D eigenvalue weighted by Crippen LogP contribution is -2.31. The van der Waals surface area contributed by atoms with E-state index in [2.05, 4.69) is 34.9 Å². The Kier molecular flexibility index (Phi) is 8.87. The van der Waals surface area contributed by atoms with Crippen molar-refractivity contribution in [2.24, 2.45) is 0 Å². The zero-order chi connectivity index (χ0) is 22.6. The van der Waals surface area contributed by atoms with E-state index in [1.54, 1.807) is 24.3 Å². The highest BCUT2D eigenvalue weighted by Gasteiger charge is 2.16. The van der Waals surface area contributed by atoms with E-state index in [4.69, 9.17) is 4.74 Å². The van der Waals surface area contributed by atoms with Crippen molar-refractivity contribution in [3.05, 3.63) is 102 Å². The number of esters is 1. The molecule has 0 heterocycles. The second-order valence-electron chi connectivity index (χ2n) is 7.58. The lowest BCUT2D eigenvalue weighted by molar-refractivity contribution is 0.0501. The third-order valence-electron chi connectivity index (χ3n) is 5.25. The minimum absolute atomic E-state index is 0.179. The Balaban J connectivity index is 1.59. The molecule has 166 valence electrons. The highest BCUT2D eigenvalue weighted by molar-refractivity contribution is 6.00. The van der Waals surface area contributed by atoms with Crippen molar-refractivity contribution in [3.63, 3.8) is 0 Å². The Morgan fingerprint density at radius 3 is 2.06 bits per heavy atom. The number of hydrogen-bond donors (Lipinski definition) is 2. The summed E-state index contributed by atoms with van der Waals surface area (Å²) in [7, 11) is 0. The van der Waals surface area contributed by atoms with Crippen LogP contribution in [0, 0.1) is 0 Å². The van der Waals surface area contributed by atoms with Gasteiger partial charge in [-0.25, -0.2) is 9.59 Å². The number of nitrogens with one attached hydrogen (secondary N) is 2. The van der Waals surface area contributed by atoms with Crippen LogP contribution in [0.5, 0.6) is 0 Å². The standard InChI is InChI=1S/C27H30N2O3/c1-2-3-20-32-26(30)24-16-10-11-17-25(24)29-27(31)28-19-18-23(21-12-6-4-7-13-21)22-14-8-5-9-15-22/h4-17,23H,2-3,18-20H2,1H3,(H2,28,29,31). The summed E-state index contributed by atoms with van der Waals surface area (Å²) in [6, 6.07) is 27.1. The van der Waals surface area contributed by atoms with Gasteiger partial charge in [0.2, 0.25) is 0 Å². The fourth-order valence-corrected chi connectivity index (χ4v) is 3.55. The quantitative estimate of drug-likeness (QED) is 0.307. The maximum Gasteiger partial charge on any atom is 0.340 e. The van der Waals surface area contributed by atoms with Crippen LogP contribution < -0.4 is 10.6 Å². The van der Waals surface area contributed by atoms with Crippen LogP contribution in [-0.4, -0.2) is 25.2 Å². The summed E-state index contributed by atoms with van der Waals surface area (Å²) in [4.78, 5) is 24.9. The van der Waals surface area contributed by atoms with Gasteiger partial charge in [-0.15, -0.1) is 0 Å². The first-order valence-corrected chi connectivity index (χ1v) is 11.1. The van der Waals surface area contributed by atoms with Gasteiger partial charge in [-0.3, -0.25) is 0 Å². The molecule has 3 aromatic rings. The minimum atomic E-state index is -0.428. The number of ether oxygens (including phenoxy) is 1. The number of benzene rings is 3. The van der Waals surface area contributed by atoms with Crippen LogP contribution in [0.4, 0.5) is 10.5 Å². The Morgan fingerprint density at radius 1 is 0.844 bits per heavy atom. The molecule has 0 aliphatic heterocycles. The molecule has 5 nitrogen and oxygen atoms in total. The number of para-hydroxylation sites is 1. The van der Waals surface area contributed by atoms with Gasteiger partial charge in [0.1, 0.15) is 0 Å². The van der Waals surface area contributed by atoms with Gasteiger partial charge < -0.3 is 15.4 Å². The predicted molar refractivity (Wildman–Crippen MR) is 128 cm³/mol. The van der Waals surface area contributed by atoms with E-state index in [0.29, 0.717) is 24.4 Å². The summed E-state index contributed by atoms with van der Waals surface area (Å²) in [5.74, 6) is -0.249. The average molecular weight is 431 g/mol. The van der Waals surface area contributed by atoms with Crippen LogP contribution in [0.15, 0.2) is 84.9 Å². The number of amides is 2. The molecular weight excluding hydrogens is 400 g/mol. The molecular formula is C27H30N2O3. The Hall–Kier alpha value is -3.60. The van der Waals surface area contributed by atoms with Crippen LogP contribution in [0.25, 0.3) is 0 Å². The Labute approximate surface area is 189 Å². The van der Waals surface area contributed by atoms with Gasteiger partial charge in [0.15, 0.2) is 0 Å². The molecule has 0 saturated heterocycles. The van der Waals surface area contributed by atoms with Gasteiger partial charge in [-0.2, -0.15) is 0 Å². The minimum Gasteiger partial charge on any atom is -0.462 e. The van der Waals surface area contributed by atoms with Crippen molar-refractivity contribution < 1.29 is 14.3 Å². The summed E-state index contributed by atoms with van der Waals surface area (Å²) in [6.45, 7) is 2.90. The number of anilines is 1. The smallest absolute Gasteiger partial charge is 0.340 e. The zero-order valence-corrected chi connectivity index (χ0v) is 18.4. The summed E-state index contributed by atoms with van der Waals surface area (Å²) in [5, 5.41) is 5.70. The highest BCUT2D eigenvalue weighted by atomic mass is 16.5. The van der Waals surface area contributed by atoms with E-state index in [-0.39, 0.29) is 11.9 Å². The molecule has 3 aromatic carbocycles. The normalized spacial score (nSPS) is 10.6. The zero-order valence-electron chi connectivity index (χ0n) is 18.4. The third-order valence-corrected chi connectivity index (χ3v) is 5.25. The Bertz CT molecular complexity index is 951. The molecule has 0 saturated carbocycles. The maximum atomic E-state index is 12.5. The maximum absolute atomic E-state index is 12.5. The van der Waals surface area contributed by atoms with Gasteiger partial charge in [-0.05, 0) is 36.1 Å². The molecule has 0 bridgehead atoms. The molecule has 32 heavy (non-hydrogen) atoms. The lowest BCUT2D eigenvalue weighted by Gasteiger charge is -2.19. The molecule has 0 aromatic heterocycles. The number of rotatable bonds is 10. The van der Waals surface area contributed by atoms with Crippen molar-refractivity contribution in [2.45, 2.75) is 32.1 Å². The predicted octanol–water partition coefficient (Wildman–Crippen LogP) is 5.99. The molecule has 2 amide bonds. The molecule has 5 heteroatoms. The van der Waals surface area contributed by atoms with Crippen molar-refractivity contribution in [1.29, 1.82) is 0 Å². The van der Waals surface area contributed by atoms with Crippen LogP contribution in [0.1, 0.15) is 53.6 Å². The molecule has 0 aliphatic rings. The van der Waals surface area contributed by atoms with Crippen molar-refractivity contribution in [2.75, 3.05) is 18.5 Å². The summed E-state index contributed by atoms with van der Waals surface area (Å²) < 4.78 is 5.29. The van der Waals surface area contributed by atoms with E-state index in [0.717, 1.165) is 19.3 Å². The number of unbranched alkanes of at least 4 members (excludes halogenated alkanes) is 1. The van der Waals surface area contributed by atoms with E-state index < -0.39 is 5.97 Å². The Morgan fingerprint density at radius 2 is 1.44 bits per heavy atom. The first-order valence-electron chi connectivity index (χ1n) is 11.1. The van der Waals surface area contributed by atoms with E-state index >= 15 is 0 Å². The van der Waals surface area contributed by atoms with Gasteiger partial charge in [0.05, 0.1) is 17.9 Å². The summed E-state index contributed by atoms with van der Waals surface area (Å²) in [6.07, 6.45) is 2.51. The fourth-order valence-electron chi connectivity index (χ4n) is 3.55. The molecule has 0 unspecified atom stereocenters. The molecule has 0 fully saturated rings. The first kappa shape index (κ1) is 23.1. The number of carbonyl (C=O) groups excluding carboxylic acids is 2. The van der Waals surface area contributed by atoms with Gasteiger partial charge in [0, 0.05) is 12.5 Å². The van der Waals surface area contributed by atoms with Crippen molar-refractivity contribution >= 4 is 17.7 Å². The largest absolute Gasteiger partial charge is 0.462 e. The van der Waals surface area contributed by atoms with Gasteiger partial charge in [-0.1, -0.05) is 86.1 Å². The van der Waals surface area contributed by atoms with Crippen LogP contribution >= 0.6 is 0 Å². The van der Waals surface area contributed by atoms with Crippen LogP contribution in [0.3, 0.4) is 0 Å². The lowest BCUT2D eigenvalue weighted by atomic mass is 9.88. The van der Waals surface area contributed by atoms with E-state index in [1.165, 1.54) is 11.1 Å². The summed E-state index contributed by atoms with van der Waals surface area (Å²) >= 11 is 0. The fraction of sp³-hybridized carbons (Fsp3) is 0.259. The van der Waals surface area contributed by atoms with Gasteiger partial charge >= 0.3 is 12.0 Å². The van der Waals surface area contributed by atoms with Crippen molar-refractivity contribution in [3.8, 4) is 0 Å². The molecule has 0 spiro atoms. The van der Waals surface area contributed by atoms with Gasteiger partial charge in [0.25, 0.3) is 0 Å². The molecule has 3 rings (SSSR count). The van der Waals surface area contributed by atoms with E-state index in [1.807, 2.05) is 43.3 Å². The molecule has 2 N–H and O–H groups in total. The average Bonchev–Trinajstić information content (AvgIpc) is 2.83. The third kappa shape index (κ3) is 6.71. The monoisotopic (exact) mass is 430 g/mol. The highest BCUT2D eigenvalue weighted by Crippen LogP contribution is 2.27. The number of urea groups is 1. The van der Waals surface area contributed by atoms with Crippen LogP contribution in [0.2, 0.25) is 0 Å². The second-order valence-corrected chi connectivity index (χ2v) is 7.58.